The Hall–Kier alpha value is -1.35. The molecule has 1 aromatic carbocycles. The van der Waals surface area contributed by atoms with Crippen molar-refractivity contribution in [2.75, 3.05) is 13.1 Å². The zero-order chi connectivity index (χ0) is 18.1. The fraction of sp³-hybridized carbons (Fsp3) is 0.696. The van der Waals surface area contributed by atoms with Crippen LogP contribution in [0.5, 0.6) is 0 Å². The third kappa shape index (κ3) is 3.09. The average Bonchev–Trinajstić information content (AvgIpc) is 2.95. The van der Waals surface area contributed by atoms with Crippen molar-refractivity contribution in [3.8, 4) is 0 Å². The molecule has 0 radical (unpaired) electrons. The van der Waals surface area contributed by atoms with Crippen molar-refractivity contribution in [3.63, 3.8) is 0 Å². The summed E-state index contributed by atoms with van der Waals surface area (Å²) in [7, 11) is 0. The van der Waals surface area contributed by atoms with Crippen LogP contribution in [0.4, 0.5) is 0 Å². The SMILES string of the molecule is CC1CCCC(C)N1CCC1(c2ccccc2)CC2CCCCN2C1=O. The Morgan fingerprint density at radius 1 is 1.00 bits per heavy atom. The van der Waals surface area contributed by atoms with Gasteiger partial charge in [0.15, 0.2) is 0 Å². The van der Waals surface area contributed by atoms with Crippen LogP contribution in [0.3, 0.4) is 0 Å². The Morgan fingerprint density at radius 2 is 1.73 bits per heavy atom. The first-order chi connectivity index (χ1) is 12.6. The summed E-state index contributed by atoms with van der Waals surface area (Å²) in [6, 6.07) is 12.4. The molecule has 3 aliphatic rings. The van der Waals surface area contributed by atoms with Crippen LogP contribution in [0.25, 0.3) is 0 Å². The first-order valence-electron chi connectivity index (χ1n) is 10.7. The molecule has 3 heteroatoms. The molecule has 0 saturated carbocycles. The molecule has 3 saturated heterocycles. The van der Waals surface area contributed by atoms with Crippen LogP contribution in [0.2, 0.25) is 0 Å². The summed E-state index contributed by atoms with van der Waals surface area (Å²) >= 11 is 0. The molecule has 0 aromatic heterocycles. The van der Waals surface area contributed by atoms with Gasteiger partial charge in [-0.25, -0.2) is 0 Å². The van der Waals surface area contributed by atoms with E-state index < -0.39 is 0 Å². The van der Waals surface area contributed by atoms with E-state index in [-0.39, 0.29) is 5.41 Å². The summed E-state index contributed by atoms with van der Waals surface area (Å²) in [6.07, 6.45) is 9.57. The smallest absolute Gasteiger partial charge is 0.233 e. The molecule has 1 amide bonds. The minimum absolute atomic E-state index is 0.298. The minimum atomic E-state index is -0.298. The van der Waals surface area contributed by atoms with Gasteiger partial charge in [-0.05, 0) is 64.4 Å². The Balaban J connectivity index is 1.61. The maximum absolute atomic E-state index is 13.6. The highest BCUT2D eigenvalue weighted by Gasteiger charge is 2.52. The molecule has 0 N–H and O–H groups in total. The van der Waals surface area contributed by atoms with Crippen LogP contribution in [-0.4, -0.2) is 46.9 Å². The fourth-order valence-corrected chi connectivity index (χ4v) is 5.83. The molecule has 3 nitrogen and oxygen atoms in total. The number of rotatable bonds is 4. The van der Waals surface area contributed by atoms with Gasteiger partial charge in [0, 0.05) is 31.2 Å². The van der Waals surface area contributed by atoms with Gasteiger partial charge in [-0.15, -0.1) is 0 Å². The van der Waals surface area contributed by atoms with E-state index in [1.165, 1.54) is 44.1 Å². The Morgan fingerprint density at radius 3 is 2.42 bits per heavy atom. The monoisotopic (exact) mass is 354 g/mol. The lowest BCUT2D eigenvalue weighted by atomic mass is 9.74. The van der Waals surface area contributed by atoms with Crippen LogP contribution < -0.4 is 0 Å². The first kappa shape index (κ1) is 18.0. The van der Waals surface area contributed by atoms with Crippen LogP contribution in [0.15, 0.2) is 30.3 Å². The van der Waals surface area contributed by atoms with Crippen molar-refractivity contribution in [3.05, 3.63) is 35.9 Å². The zero-order valence-electron chi connectivity index (χ0n) is 16.5. The molecular formula is C23H34N2O. The molecule has 26 heavy (non-hydrogen) atoms. The van der Waals surface area contributed by atoms with E-state index in [0.717, 1.165) is 25.9 Å². The molecule has 4 atom stereocenters. The Kier molecular flexibility index (Phi) is 5.09. The number of hydrogen-bond donors (Lipinski definition) is 0. The zero-order valence-corrected chi connectivity index (χ0v) is 16.5. The van der Waals surface area contributed by atoms with Gasteiger partial charge in [0.2, 0.25) is 5.91 Å². The Bertz CT molecular complexity index is 620. The molecule has 0 spiro atoms. The largest absolute Gasteiger partial charge is 0.339 e. The third-order valence-corrected chi connectivity index (χ3v) is 7.38. The highest BCUT2D eigenvalue weighted by atomic mass is 16.2. The summed E-state index contributed by atoms with van der Waals surface area (Å²) in [6.45, 7) is 6.74. The van der Waals surface area contributed by atoms with Crippen molar-refractivity contribution in [1.29, 1.82) is 0 Å². The molecule has 4 unspecified atom stereocenters. The molecule has 0 bridgehead atoms. The number of benzene rings is 1. The summed E-state index contributed by atoms with van der Waals surface area (Å²) < 4.78 is 0. The second kappa shape index (κ2) is 7.34. The maximum atomic E-state index is 13.6. The molecule has 4 rings (SSSR count). The highest BCUT2D eigenvalue weighted by Crippen LogP contribution is 2.45. The number of hydrogen-bond acceptors (Lipinski definition) is 2. The molecule has 0 aliphatic carbocycles. The topological polar surface area (TPSA) is 23.6 Å². The highest BCUT2D eigenvalue weighted by molar-refractivity contribution is 5.91. The van der Waals surface area contributed by atoms with Gasteiger partial charge in [-0.1, -0.05) is 36.8 Å². The first-order valence-corrected chi connectivity index (χ1v) is 10.7. The lowest BCUT2D eigenvalue weighted by Gasteiger charge is -2.41. The third-order valence-electron chi connectivity index (χ3n) is 7.38. The molecule has 3 fully saturated rings. The van der Waals surface area contributed by atoms with E-state index in [0.29, 0.717) is 24.0 Å². The number of fused-ring (bicyclic) bond motifs is 1. The average molecular weight is 355 g/mol. The van der Waals surface area contributed by atoms with Gasteiger partial charge >= 0.3 is 0 Å². The molecule has 1 aromatic rings. The molecular weight excluding hydrogens is 320 g/mol. The second-order valence-corrected chi connectivity index (χ2v) is 8.92. The van der Waals surface area contributed by atoms with E-state index in [1.807, 2.05) is 0 Å². The van der Waals surface area contributed by atoms with E-state index in [1.54, 1.807) is 0 Å². The number of carbonyl (C=O) groups excluding carboxylic acids is 1. The van der Waals surface area contributed by atoms with Crippen molar-refractivity contribution < 1.29 is 4.79 Å². The van der Waals surface area contributed by atoms with Crippen molar-refractivity contribution in [2.24, 2.45) is 0 Å². The predicted molar refractivity (Wildman–Crippen MR) is 106 cm³/mol. The number of carbonyl (C=O) groups is 1. The van der Waals surface area contributed by atoms with Crippen LogP contribution in [-0.2, 0) is 10.2 Å². The van der Waals surface area contributed by atoms with Crippen molar-refractivity contribution >= 4 is 5.91 Å². The van der Waals surface area contributed by atoms with Gasteiger partial charge < -0.3 is 4.90 Å². The van der Waals surface area contributed by atoms with Gasteiger partial charge in [-0.2, -0.15) is 0 Å². The van der Waals surface area contributed by atoms with Crippen LogP contribution >= 0.6 is 0 Å². The minimum Gasteiger partial charge on any atom is -0.339 e. The van der Waals surface area contributed by atoms with Crippen LogP contribution in [0, 0.1) is 0 Å². The lowest BCUT2D eigenvalue weighted by molar-refractivity contribution is -0.134. The van der Waals surface area contributed by atoms with Gasteiger partial charge in [0.25, 0.3) is 0 Å². The Labute approximate surface area is 158 Å². The number of amides is 1. The van der Waals surface area contributed by atoms with E-state index in [9.17, 15) is 4.79 Å². The molecule has 142 valence electrons. The summed E-state index contributed by atoms with van der Waals surface area (Å²) in [5, 5.41) is 0. The quantitative estimate of drug-likeness (QED) is 0.802. The predicted octanol–water partition coefficient (Wildman–Crippen LogP) is 4.36. The van der Waals surface area contributed by atoms with Gasteiger partial charge in [0.05, 0.1) is 5.41 Å². The van der Waals surface area contributed by atoms with Crippen molar-refractivity contribution in [2.45, 2.75) is 88.8 Å². The van der Waals surface area contributed by atoms with Crippen molar-refractivity contribution in [1.82, 2.24) is 9.80 Å². The van der Waals surface area contributed by atoms with E-state index >= 15 is 0 Å². The molecule has 3 heterocycles. The maximum Gasteiger partial charge on any atom is 0.233 e. The standard InChI is InChI=1S/C23H34N2O/c1-18-9-8-10-19(2)24(18)16-14-23(20-11-4-3-5-12-20)17-21-13-6-7-15-25(21)22(23)26/h3-5,11-12,18-19,21H,6-10,13-17H2,1-2H3. The number of piperidine rings is 2. The van der Waals surface area contributed by atoms with Crippen LogP contribution in [0.1, 0.15) is 70.8 Å². The normalized spacial score (nSPS) is 35.5. The number of likely N-dealkylation sites (tertiary alicyclic amines) is 1. The van der Waals surface area contributed by atoms with E-state index in [4.69, 9.17) is 0 Å². The summed E-state index contributed by atoms with van der Waals surface area (Å²) in [5.74, 6) is 0.408. The fourth-order valence-electron chi connectivity index (χ4n) is 5.83. The summed E-state index contributed by atoms with van der Waals surface area (Å²) in [5.41, 5.74) is 0.949. The van der Waals surface area contributed by atoms with E-state index in [2.05, 4.69) is 54.0 Å². The molecule has 3 aliphatic heterocycles. The number of nitrogens with zero attached hydrogens (tertiary/aromatic N) is 2. The van der Waals surface area contributed by atoms with Gasteiger partial charge in [0.1, 0.15) is 0 Å². The van der Waals surface area contributed by atoms with Gasteiger partial charge in [-0.3, -0.25) is 9.69 Å². The second-order valence-electron chi connectivity index (χ2n) is 8.92. The summed E-state index contributed by atoms with van der Waals surface area (Å²) in [4.78, 5) is 18.5. The lowest BCUT2D eigenvalue weighted by Crippen LogP contribution is -2.47.